The van der Waals surface area contributed by atoms with Crippen LogP contribution in [0.3, 0.4) is 0 Å². The zero-order chi connectivity index (χ0) is 18.0. The lowest BCUT2D eigenvalue weighted by Gasteiger charge is -2.16. The van der Waals surface area contributed by atoms with Gasteiger partial charge in [0.05, 0.1) is 17.7 Å². The lowest BCUT2D eigenvalue weighted by Crippen LogP contribution is -2.36. The van der Waals surface area contributed by atoms with Gasteiger partial charge in [0.2, 0.25) is 0 Å². The number of aryl methyl sites for hydroxylation is 1. The van der Waals surface area contributed by atoms with Crippen molar-refractivity contribution in [1.29, 1.82) is 0 Å². The molecule has 0 aromatic heterocycles. The molecule has 1 atom stereocenters. The van der Waals surface area contributed by atoms with Crippen LogP contribution in [0.4, 0.5) is 0 Å². The number of hydrogen-bond acceptors (Lipinski definition) is 5. The Kier molecular flexibility index (Phi) is 4.63. The van der Waals surface area contributed by atoms with Crippen molar-refractivity contribution in [2.45, 2.75) is 26.6 Å². The molecule has 0 aliphatic carbocycles. The molecular weight excluding hydrogens is 322 g/mol. The van der Waals surface area contributed by atoms with Gasteiger partial charge in [-0.05, 0) is 31.5 Å². The molecule has 6 heteroatoms. The molecule has 2 aromatic carbocycles. The first-order valence-electron chi connectivity index (χ1n) is 7.84. The van der Waals surface area contributed by atoms with Crippen LogP contribution in [0, 0.1) is 6.92 Å². The second-order valence-electron chi connectivity index (χ2n) is 5.80. The molecule has 1 heterocycles. The Hall–Kier alpha value is -2.99. The van der Waals surface area contributed by atoms with Gasteiger partial charge in [-0.15, -0.1) is 0 Å². The number of fused-ring (bicyclic) bond motifs is 1. The Bertz CT molecular complexity index is 793. The van der Waals surface area contributed by atoms with Crippen molar-refractivity contribution in [3.8, 4) is 0 Å². The maximum Gasteiger partial charge on any atom is 0.361 e. The number of hydrogen-bond donors (Lipinski definition) is 0. The van der Waals surface area contributed by atoms with Crippen LogP contribution in [0.1, 0.15) is 38.8 Å². The topological polar surface area (TPSA) is 72.9 Å². The summed E-state index contributed by atoms with van der Waals surface area (Å²) in [5.74, 6) is -2.11. The van der Waals surface area contributed by atoms with E-state index in [1.54, 1.807) is 12.1 Å². The Morgan fingerprint density at radius 1 is 1.00 bits per heavy atom. The van der Waals surface area contributed by atoms with Gasteiger partial charge in [-0.3, -0.25) is 9.59 Å². The van der Waals surface area contributed by atoms with Crippen LogP contribution in [0.25, 0.3) is 0 Å². The molecule has 128 valence electrons. The van der Waals surface area contributed by atoms with Crippen LogP contribution in [-0.4, -0.2) is 29.0 Å². The largest absolute Gasteiger partial charge is 0.362 e. The van der Waals surface area contributed by atoms with Crippen molar-refractivity contribution in [3.05, 3.63) is 70.8 Å². The number of rotatable bonds is 5. The fourth-order valence-electron chi connectivity index (χ4n) is 2.39. The minimum absolute atomic E-state index is 0.216. The van der Waals surface area contributed by atoms with E-state index < -0.39 is 23.9 Å². The quantitative estimate of drug-likeness (QED) is 0.783. The summed E-state index contributed by atoms with van der Waals surface area (Å²) >= 11 is 0. The Morgan fingerprint density at radius 2 is 1.56 bits per heavy atom. The third-order valence-electron chi connectivity index (χ3n) is 3.89. The van der Waals surface area contributed by atoms with Crippen molar-refractivity contribution in [3.63, 3.8) is 0 Å². The Morgan fingerprint density at radius 3 is 2.12 bits per heavy atom. The molecule has 0 radical (unpaired) electrons. The summed E-state index contributed by atoms with van der Waals surface area (Å²) in [6.07, 6.45) is -0.925. The van der Waals surface area contributed by atoms with Crippen LogP contribution in [0.2, 0.25) is 0 Å². The number of hydroxylamine groups is 2. The lowest BCUT2D eigenvalue weighted by atomic mass is 10.1. The van der Waals surface area contributed by atoms with Crippen molar-refractivity contribution in [2.75, 3.05) is 0 Å². The summed E-state index contributed by atoms with van der Waals surface area (Å²) < 4.78 is 5.46. The van der Waals surface area contributed by atoms with E-state index in [-0.39, 0.29) is 17.7 Å². The van der Waals surface area contributed by atoms with Gasteiger partial charge in [0.15, 0.2) is 6.10 Å². The van der Waals surface area contributed by atoms with Crippen LogP contribution in [-0.2, 0) is 21.0 Å². The molecule has 0 spiro atoms. The molecule has 6 nitrogen and oxygen atoms in total. The third kappa shape index (κ3) is 3.44. The summed E-state index contributed by atoms with van der Waals surface area (Å²) in [7, 11) is 0. The summed E-state index contributed by atoms with van der Waals surface area (Å²) in [6.45, 7) is 3.71. The van der Waals surface area contributed by atoms with E-state index in [1.807, 2.05) is 31.2 Å². The van der Waals surface area contributed by atoms with Gasteiger partial charge in [-0.25, -0.2) is 4.79 Å². The average Bonchev–Trinajstić information content (AvgIpc) is 2.86. The molecule has 25 heavy (non-hydrogen) atoms. The van der Waals surface area contributed by atoms with Crippen molar-refractivity contribution in [1.82, 2.24) is 5.06 Å². The molecule has 0 saturated carbocycles. The lowest BCUT2D eigenvalue weighted by molar-refractivity contribution is -0.181. The smallest absolute Gasteiger partial charge is 0.361 e. The molecule has 0 saturated heterocycles. The predicted molar refractivity (Wildman–Crippen MR) is 88.5 cm³/mol. The van der Waals surface area contributed by atoms with Gasteiger partial charge < -0.3 is 9.57 Å². The summed E-state index contributed by atoms with van der Waals surface area (Å²) in [5.41, 5.74) is 2.47. The van der Waals surface area contributed by atoms with Gasteiger partial charge in [-0.2, -0.15) is 0 Å². The minimum atomic E-state index is -0.925. The maximum absolute atomic E-state index is 12.2. The normalized spacial score (nSPS) is 14.4. The summed E-state index contributed by atoms with van der Waals surface area (Å²) in [5, 5.41) is 0.485. The number of nitrogens with zero attached hydrogens (tertiary/aromatic N) is 1. The van der Waals surface area contributed by atoms with E-state index in [2.05, 4.69) is 0 Å². The predicted octanol–water partition coefficient (Wildman–Crippen LogP) is 2.65. The van der Waals surface area contributed by atoms with E-state index in [1.165, 1.54) is 19.1 Å². The monoisotopic (exact) mass is 339 g/mol. The van der Waals surface area contributed by atoms with Crippen LogP contribution >= 0.6 is 0 Å². The highest BCUT2D eigenvalue weighted by atomic mass is 16.7. The first-order valence-corrected chi connectivity index (χ1v) is 7.84. The zero-order valence-electron chi connectivity index (χ0n) is 13.9. The van der Waals surface area contributed by atoms with Gasteiger partial charge in [0.25, 0.3) is 11.8 Å². The fraction of sp³-hybridized carbons (Fsp3) is 0.211. The molecule has 1 unspecified atom stereocenters. The van der Waals surface area contributed by atoms with Crippen molar-refractivity contribution in [2.24, 2.45) is 0 Å². The Balaban J connectivity index is 1.59. The van der Waals surface area contributed by atoms with Gasteiger partial charge >= 0.3 is 5.97 Å². The molecule has 3 rings (SSSR count). The second kappa shape index (κ2) is 6.86. The van der Waals surface area contributed by atoms with E-state index in [4.69, 9.17) is 9.57 Å². The minimum Gasteiger partial charge on any atom is -0.362 e. The Labute approximate surface area is 144 Å². The van der Waals surface area contributed by atoms with E-state index in [0.717, 1.165) is 11.1 Å². The molecule has 0 fully saturated rings. The van der Waals surface area contributed by atoms with E-state index in [0.29, 0.717) is 5.06 Å². The number of benzene rings is 2. The molecule has 2 aromatic rings. The number of imide groups is 1. The van der Waals surface area contributed by atoms with Crippen LogP contribution in [0.15, 0.2) is 48.5 Å². The first-order chi connectivity index (χ1) is 12.0. The number of carbonyl (C=O) groups excluding carboxylic acids is 3. The third-order valence-corrected chi connectivity index (χ3v) is 3.89. The van der Waals surface area contributed by atoms with Crippen LogP contribution < -0.4 is 0 Å². The number of carbonyl (C=O) groups is 3. The van der Waals surface area contributed by atoms with Crippen LogP contribution in [0.5, 0.6) is 0 Å². The van der Waals surface area contributed by atoms with Gasteiger partial charge in [-0.1, -0.05) is 47.0 Å². The van der Waals surface area contributed by atoms with E-state index >= 15 is 0 Å². The van der Waals surface area contributed by atoms with Crippen molar-refractivity contribution < 1.29 is 24.0 Å². The fourth-order valence-corrected chi connectivity index (χ4v) is 2.39. The average molecular weight is 339 g/mol. The molecule has 0 bridgehead atoms. The number of amides is 2. The highest BCUT2D eigenvalue weighted by Crippen LogP contribution is 2.23. The summed E-state index contributed by atoms with van der Waals surface area (Å²) in [6, 6.07) is 14.0. The highest BCUT2D eigenvalue weighted by molar-refractivity contribution is 6.20. The summed E-state index contributed by atoms with van der Waals surface area (Å²) in [4.78, 5) is 41.4. The molecule has 1 aliphatic heterocycles. The maximum atomic E-state index is 12.2. The van der Waals surface area contributed by atoms with Gasteiger partial charge in [0, 0.05) is 0 Å². The molecule has 1 aliphatic rings. The molecule has 0 N–H and O–H groups in total. The highest BCUT2D eigenvalue weighted by Gasteiger charge is 2.39. The van der Waals surface area contributed by atoms with Gasteiger partial charge in [0.1, 0.15) is 0 Å². The van der Waals surface area contributed by atoms with Crippen molar-refractivity contribution >= 4 is 17.8 Å². The zero-order valence-corrected chi connectivity index (χ0v) is 13.9. The SMILES string of the molecule is Cc1ccc(COC(C)C(=O)ON2C(=O)c3ccccc3C2=O)cc1. The number of ether oxygens (including phenoxy) is 1. The van der Waals surface area contributed by atoms with E-state index in [9.17, 15) is 14.4 Å². The second-order valence-corrected chi connectivity index (χ2v) is 5.80. The molecule has 2 amide bonds. The first kappa shape index (κ1) is 16.9. The molecular formula is C19H17NO5. The standard InChI is InChI=1S/C19H17NO5/c1-12-7-9-14(10-8-12)11-24-13(2)19(23)25-20-17(21)15-5-3-4-6-16(15)18(20)22/h3-10,13H,11H2,1-2H3.